The monoisotopic (exact) mass is 473 g/mol. The second kappa shape index (κ2) is 15.0. The molecule has 1 aliphatic heterocycles. The van der Waals surface area contributed by atoms with Crippen molar-refractivity contribution in [2.24, 2.45) is 9.98 Å². The maximum Gasteiger partial charge on any atom is 0.253 e. The van der Waals surface area contributed by atoms with E-state index in [0.717, 1.165) is 29.9 Å². The van der Waals surface area contributed by atoms with E-state index in [2.05, 4.69) is 32.5 Å². The highest BCUT2D eigenvalue weighted by molar-refractivity contribution is 6.05. The lowest BCUT2D eigenvalue weighted by Crippen LogP contribution is -2.30. The number of rotatable bonds is 10. The third-order valence-electron chi connectivity index (χ3n) is 5.04. The van der Waals surface area contributed by atoms with Gasteiger partial charge in [-0.15, -0.1) is 0 Å². The van der Waals surface area contributed by atoms with Crippen molar-refractivity contribution < 1.29 is 12.0 Å². The third-order valence-corrected chi connectivity index (χ3v) is 5.04. The van der Waals surface area contributed by atoms with E-state index in [1.54, 1.807) is 24.5 Å². The standard InChI is InChI=1S/C25H34FN5O.C2H6.2H2/c1-7-27-15-24(16(2)3)29-13-18(5)30-19(6)22-12-21(10-11-23(22)26)31-25(32)20-9-8-17(4)28-14-20;1-2;;/h10-15,18-19,27,30H,2,7-9H2,1,3-6H3,(H,31,32);1-2H3;2*1H/b24-15+,29-13?;;;/t18?,19-;;;/m0.../s1. The summed E-state index contributed by atoms with van der Waals surface area (Å²) in [5, 5.41) is 9.30. The third kappa shape index (κ3) is 9.43. The second-order valence-electron chi connectivity index (χ2n) is 8.03. The number of nitrogens with zero attached hydrogens (tertiary/aromatic N) is 2. The van der Waals surface area contributed by atoms with Crippen molar-refractivity contribution in [3.05, 3.63) is 65.4 Å². The van der Waals surface area contributed by atoms with Crippen LogP contribution in [0.25, 0.3) is 0 Å². The lowest BCUT2D eigenvalue weighted by molar-refractivity contribution is -0.113. The highest BCUT2D eigenvalue weighted by Gasteiger charge is 2.17. The summed E-state index contributed by atoms with van der Waals surface area (Å²) < 4.78 is 14.5. The van der Waals surface area contributed by atoms with Crippen LogP contribution in [0.5, 0.6) is 0 Å². The van der Waals surface area contributed by atoms with Crippen LogP contribution in [-0.2, 0) is 4.79 Å². The summed E-state index contributed by atoms with van der Waals surface area (Å²) >= 11 is 0. The Balaban J connectivity index is 0. The summed E-state index contributed by atoms with van der Waals surface area (Å²) in [5.41, 5.74) is 4.27. The quantitative estimate of drug-likeness (QED) is 0.266. The van der Waals surface area contributed by atoms with Crippen LogP contribution in [0.1, 0.15) is 75.8 Å². The lowest BCUT2D eigenvalue weighted by atomic mass is 10.0. The van der Waals surface area contributed by atoms with Crippen LogP contribution in [-0.4, -0.2) is 30.4 Å². The number of carbonyl (C=O) groups excluding carboxylic acids is 1. The van der Waals surface area contributed by atoms with E-state index in [4.69, 9.17) is 0 Å². The molecule has 0 aliphatic carbocycles. The molecular formula is C27H44FN5O. The molecule has 7 heteroatoms. The summed E-state index contributed by atoms with van der Waals surface area (Å²) in [6.45, 7) is 18.4. The largest absolute Gasteiger partial charge is 0.389 e. The van der Waals surface area contributed by atoms with E-state index < -0.39 is 0 Å². The van der Waals surface area contributed by atoms with Gasteiger partial charge in [-0.25, -0.2) is 4.39 Å². The summed E-state index contributed by atoms with van der Waals surface area (Å²) in [6, 6.07) is 4.20. The number of nitrogens with one attached hydrogen (secondary N) is 3. The molecule has 1 amide bonds. The lowest BCUT2D eigenvalue weighted by Gasteiger charge is -2.19. The van der Waals surface area contributed by atoms with Crippen LogP contribution in [0, 0.1) is 5.82 Å². The highest BCUT2D eigenvalue weighted by Crippen LogP contribution is 2.23. The van der Waals surface area contributed by atoms with E-state index in [-0.39, 0.29) is 26.7 Å². The van der Waals surface area contributed by atoms with Crippen molar-refractivity contribution >= 4 is 23.5 Å². The number of benzene rings is 1. The summed E-state index contributed by atoms with van der Waals surface area (Å²) in [4.78, 5) is 21.2. The Labute approximate surface area is 207 Å². The van der Waals surface area contributed by atoms with Crippen molar-refractivity contribution in [1.82, 2.24) is 10.6 Å². The molecule has 1 aromatic rings. The van der Waals surface area contributed by atoms with Crippen molar-refractivity contribution in [1.29, 1.82) is 0 Å². The topological polar surface area (TPSA) is 77.9 Å². The molecule has 1 heterocycles. The molecule has 1 unspecified atom stereocenters. The smallest absolute Gasteiger partial charge is 0.253 e. The van der Waals surface area contributed by atoms with Crippen molar-refractivity contribution in [2.45, 2.75) is 73.4 Å². The van der Waals surface area contributed by atoms with Crippen LogP contribution in [0.3, 0.4) is 0 Å². The number of hydrogen-bond donors (Lipinski definition) is 3. The van der Waals surface area contributed by atoms with Gasteiger partial charge in [0.05, 0.1) is 5.70 Å². The first-order chi connectivity index (χ1) is 16.2. The first kappa shape index (κ1) is 29.0. The van der Waals surface area contributed by atoms with E-state index in [1.807, 2.05) is 54.7 Å². The molecule has 34 heavy (non-hydrogen) atoms. The molecule has 0 aromatic heterocycles. The minimum absolute atomic E-state index is 0. The first-order valence-corrected chi connectivity index (χ1v) is 11.9. The molecule has 0 fully saturated rings. The van der Waals surface area contributed by atoms with Crippen LogP contribution in [0.15, 0.2) is 64.0 Å². The summed E-state index contributed by atoms with van der Waals surface area (Å²) in [5.74, 6) is -0.543. The number of hydrogen-bond acceptors (Lipinski definition) is 5. The van der Waals surface area contributed by atoms with Gasteiger partial charge in [-0.3, -0.25) is 14.8 Å². The normalized spacial score (nSPS) is 15.5. The average molecular weight is 474 g/mol. The predicted octanol–water partition coefficient (Wildman–Crippen LogP) is 6.56. The molecule has 3 N–H and O–H groups in total. The van der Waals surface area contributed by atoms with Crippen molar-refractivity contribution in [3.8, 4) is 0 Å². The van der Waals surface area contributed by atoms with Gasteiger partial charge >= 0.3 is 0 Å². The minimum Gasteiger partial charge on any atom is -0.389 e. The van der Waals surface area contributed by atoms with Crippen LogP contribution in [0.2, 0.25) is 0 Å². The van der Waals surface area contributed by atoms with Crippen LogP contribution >= 0.6 is 0 Å². The van der Waals surface area contributed by atoms with Gasteiger partial charge in [-0.2, -0.15) is 0 Å². The molecule has 1 aromatic carbocycles. The van der Waals surface area contributed by atoms with Gasteiger partial charge in [0.2, 0.25) is 0 Å². The van der Waals surface area contributed by atoms with E-state index >= 15 is 0 Å². The molecule has 190 valence electrons. The molecule has 6 nitrogen and oxygen atoms in total. The molecule has 2 atom stereocenters. The Hall–Kier alpha value is -3.06. The van der Waals surface area contributed by atoms with Gasteiger partial charge in [0.25, 0.3) is 5.91 Å². The average Bonchev–Trinajstić information content (AvgIpc) is 2.81. The maximum atomic E-state index is 14.5. The minimum atomic E-state index is -0.334. The van der Waals surface area contributed by atoms with Gasteiger partial charge < -0.3 is 16.0 Å². The number of halogens is 1. The number of aliphatic imine (C=N–C) groups is 2. The molecule has 1 aliphatic rings. The zero-order valence-electron chi connectivity index (χ0n) is 21.6. The van der Waals surface area contributed by atoms with Crippen molar-refractivity contribution in [3.63, 3.8) is 0 Å². The van der Waals surface area contributed by atoms with E-state index in [9.17, 15) is 9.18 Å². The van der Waals surface area contributed by atoms with Gasteiger partial charge in [0, 0.05) is 62.6 Å². The summed E-state index contributed by atoms with van der Waals surface area (Å²) in [7, 11) is 0. The fourth-order valence-electron chi connectivity index (χ4n) is 3.16. The highest BCUT2D eigenvalue weighted by atomic mass is 19.1. The summed E-state index contributed by atoms with van der Waals surface area (Å²) in [6.07, 6.45) is 6.63. The second-order valence-corrected chi connectivity index (χ2v) is 8.03. The molecule has 0 radical (unpaired) electrons. The maximum absolute atomic E-state index is 14.5. The number of allylic oxidation sites excluding steroid dienone is 1. The van der Waals surface area contributed by atoms with E-state index in [1.165, 1.54) is 6.07 Å². The fourth-order valence-corrected chi connectivity index (χ4v) is 3.16. The predicted molar refractivity (Wildman–Crippen MR) is 147 cm³/mol. The zero-order valence-corrected chi connectivity index (χ0v) is 21.6. The Morgan fingerprint density at radius 3 is 2.62 bits per heavy atom. The van der Waals surface area contributed by atoms with Crippen molar-refractivity contribution in [2.75, 3.05) is 11.9 Å². The number of amides is 1. The first-order valence-electron chi connectivity index (χ1n) is 11.9. The number of anilines is 1. The Morgan fingerprint density at radius 1 is 1.32 bits per heavy atom. The van der Waals surface area contributed by atoms with E-state index in [0.29, 0.717) is 23.2 Å². The van der Waals surface area contributed by atoms with Gasteiger partial charge in [-0.05, 0) is 71.2 Å². The molecule has 0 saturated heterocycles. The fraction of sp³-hybridized carbons (Fsp3) is 0.444. The molecule has 0 spiro atoms. The van der Waals surface area contributed by atoms with Gasteiger partial charge in [0.15, 0.2) is 0 Å². The Bertz CT molecular complexity index is 973. The molecular weight excluding hydrogens is 429 g/mol. The zero-order chi connectivity index (χ0) is 25.7. The molecule has 0 saturated carbocycles. The molecule has 2 rings (SSSR count). The van der Waals surface area contributed by atoms with Crippen LogP contribution in [0.4, 0.5) is 10.1 Å². The SMILES string of the molecule is C=C(C)/C(=C\NCC)N=CC(C)N[C@@H](C)c1cc(NC(=O)C2=CN=C(C)CC2)ccc1F.CC.[HH].[HH]. The van der Waals surface area contributed by atoms with Gasteiger partial charge in [0.1, 0.15) is 5.82 Å². The van der Waals surface area contributed by atoms with Gasteiger partial charge in [-0.1, -0.05) is 20.4 Å². The molecule has 0 bridgehead atoms. The van der Waals surface area contributed by atoms with Crippen LogP contribution < -0.4 is 16.0 Å². The Kier molecular flexibility index (Phi) is 12.7. The Morgan fingerprint density at radius 2 is 2.03 bits per heavy atom. The number of carbonyl (C=O) groups is 1.